The van der Waals surface area contributed by atoms with Gasteiger partial charge in [-0.15, -0.1) is 0 Å². The number of benzene rings is 3. The molecule has 3 aromatic carbocycles. The van der Waals surface area contributed by atoms with Crippen molar-refractivity contribution in [2.75, 3.05) is 11.9 Å². The van der Waals surface area contributed by atoms with Crippen molar-refractivity contribution in [2.24, 2.45) is 5.92 Å². The average Bonchev–Trinajstić information content (AvgIpc) is 3.42. The molecule has 190 valence electrons. The first kappa shape index (κ1) is 25.6. The Kier molecular flexibility index (Phi) is 8.30. The molecule has 8 nitrogen and oxygen atoms in total. The summed E-state index contributed by atoms with van der Waals surface area (Å²) in [5, 5.41) is 19.1. The number of rotatable bonds is 11. The first-order valence-electron chi connectivity index (χ1n) is 12.3. The lowest BCUT2D eigenvalue weighted by atomic mass is 9.91. The fraction of sp³-hybridized carbons (Fsp3) is 0.241. The van der Waals surface area contributed by atoms with Crippen molar-refractivity contribution in [3.63, 3.8) is 0 Å². The molecule has 0 aliphatic rings. The number of carboxylic acid groups (broad SMARTS) is 1. The van der Waals surface area contributed by atoms with Gasteiger partial charge in [-0.1, -0.05) is 67.9 Å². The van der Waals surface area contributed by atoms with E-state index in [1.807, 2.05) is 54.6 Å². The van der Waals surface area contributed by atoms with Crippen LogP contribution in [-0.4, -0.2) is 33.7 Å². The van der Waals surface area contributed by atoms with Crippen molar-refractivity contribution in [3.8, 4) is 22.8 Å². The predicted octanol–water partition coefficient (Wildman–Crippen LogP) is 5.81. The standard InChI is InChI=1S/C29H30N4O4/c1-3-19(2)26(31-24-15-13-22(14-16-24)28(36)30-18-17-25(34)35)20-9-11-21(12-10-20)27-32-29(37-33-27)23-7-5-4-6-8-23/h4-16,19,26,31H,3,17-18H2,1-2H3,(H,30,36)(H,34,35)/t19?,26-/m1/s1. The Morgan fingerprint density at radius 1 is 0.946 bits per heavy atom. The van der Waals surface area contributed by atoms with Crippen LogP contribution in [-0.2, 0) is 4.79 Å². The highest BCUT2D eigenvalue weighted by Crippen LogP contribution is 2.31. The number of carbonyl (C=O) groups is 2. The maximum Gasteiger partial charge on any atom is 0.305 e. The molecule has 0 saturated carbocycles. The van der Waals surface area contributed by atoms with Crippen LogP contribution in [0.4, 0.5) is 5.69 Å². The van der Waals surface area contributed by atoms with Crippen LogP contribution in [0.5, 0.6) is 0 Å². The van der Waals surface area contributed by atoms with E-state index in [-0.39, 0.29) is 24.9 Å². The van der Waals surface area contributed by atoms with Gasteiger partial charge in [0.15, 0.2) is 0 Å². The van der Waals surface area contributed by atoms with Gasteiger partial charge in [0, 0.05) is 28.9 Å². The molecule has 0 saturated heterocycles. The summed E-state index contributed by atoms with van der Waals surface area (Å²) in [6.45, 7) is 4.45. The van der Waals surface area contributed by atoms with Crippen LogP contribution < -0.4 is 10.6 Å². The second kappa shape index (κ2) is 12.0. The molecule has 1 amide bonds. The van der Waals surface area contributed by atoms with Gasteiger partial charge in [-0.05, 0) is 47.9 Å². The highest BCUT2D eigenvalue weighted by Gasteiger charge is 2.19. The molecule has 0 aliphatic heterocycles. The van der Waals surface area contributed by atoms with Crippen molar-refractivity contribution in [1.82, 2.24) is 15.5 Å². The number of hydrogen-bond acceptors (Lipinski definition) is 6. The van der Waals surface area contributed by atoms with Gasteiger partial charge in [-0.25, -0.2) is 0 Å². The van der Waals surface area contributed by atoms with Crippen LogP contribution in [0, 0.1) is 5.92 Å². The molecule has 0 bridgehead atoms. The van der Waals surface area contributed by atoms with E-state index in [9.17, 15) is 9.59 Å². The fourth-order valence-corrected chi connectivity index (χ4v) is 3.95. The summed E-state index contributed by atoms with van der Waals surface area (Å²) in [7, 11) is 0. The van der Waals surface area contributed by atoms with Gasteiger partial charge in [0.05, 0.1) is 12.5 Å². The van der Waals surface area contributed by atoms with Crippen LogP contribution in [0.2, 0.25) is 0 Å². The minimum Gasteiger partial charge on any atom is -0.481 e. The molecule has 0 spiro atoms. The van der Waals surface area contributed by atoms with E-state index < -0.39 is 5.97 Å². The molecule has 3 N–H and O–H groups in total. The van der Waals surface area contributed by atoms with E-state index >= 15 is 0 Å². The molecule has 0 radical (unpaired) electrons. The molecule has 1 aromatic heterocycles. The minimum absolute atomic E-state index is 0.0550. The molecule has 37 heavy (non-hydrogen) atoms. The Bertz CT molecular complexity index is 1320. The molecular formula is C29H30N4O4. The van der Waals surface area contributed by atoms with Gasteiger partial charge in [-0.2, -0.15) is 4.98 Å². The molecule has 0 aliphatic carbocycles. The topological polar surface area (TPSA) is 117 Å². The Morgan fingerprint density at radius 3 is 2.30 bits per heavy atom. The molecule has 1 unspecified atom stereocenters. The van der Waals surface area contributed by atoms with Crippen molar-refractivity contribution in [3.05, 3.63) is 90.0 Å². The smallest absolute Gasteiger partial charge is 0.305 e. The molecule has 1 heterocycles. The van der Waals surface area contributed by atoms with Crippen LogP contribution in [0.25, 0.3) is 22.8 Å². The van der Waals surface area contributed by atoms with E-state index in [4.69, 9.17) is 9.63 Å². The number of nitrogens with zero attached hydrogens (tertiary/aromatic N) is 2. The summed E-state index contributed by atoms with van der Waals surface area (Å²) in [6.07, 6.45) is 0.871. The van der Waals surface area contributed by atoms with Gasteiger partial charge in [0.2, 0.25) is 5.82 Å². The van der Waals surface area contributed by atoms with Crippen molar-refractivity contribution >= 4 is 17.6 Å². The van der Waals surface area contributed by atoms with E-state index in [1.165, 1.54) is 0 Å². The monoisotopic (exact) mass is 498 g/mol. The van der Waals surface area contributed by atoms with Crippen LogP contribution in [0.1, 0.15) is 48.7 Å². The lowest BCUT2D eigenvalue weighted by molar-refractivity contribution is -0.136. The molecule has 2 atom stereocenters. The normalized spacial score (nSPS) is 12.5. The zero-order valence-corrected chi connectivity index (χ0v) is 20.8. The van der Waals surface area contributed by atoms with E-state index in [2.05, 4.69) is 46.8 Å². The number of carbonyl (C=O) groups excluding carboxylic acids is 1. The Morgan fingerprint density at radius 2 is 1.65 bits per heavy atom. The summed E-state index contributed by atoms with van der Waals surface area (Å²) in [5.74, 6) is 0.130. The van der Waals surface area contributed by atoms with Crippen molar-refractivity contribution < 1.29 is 19.2 Å². The fourth-order valence-electron chi connectivity index (χ4n) is 3.95. The number of aliphatic carboxylic acids is 1. The maximum atomic E-state index is 12.2. The number of aromatic nitrogens is 2. The summed E-state index contributed by atoms with van der Waals surface area (Å²) >= 11 is 0. The molecule has 0 fully saturated rings. The van der Waals surface area contributed by atoms with Gasteiger partial charge in [0.1, 0.15) is 0 Å². The number of hydrogen-bond donors (Lipinski definition) is 3. The van der Waals surface area contributed by atoms with E-state index in [1.54, 1.807) is 12.1 Å². The number of carboxylic acids is 1. The summed E-state index contributed by atoms with van der Waals surface area (Å²) in [5.41, 5.74) is 4.25. The average molecular weight is 499 g/mol. The quantitative estimate of drug-likeness (QED) is 0.239. The number of amides is 1. The minimum atomic E-state index is -0.946. The number of nitrogens with one attached hydrogen (secondary N) is 2. The summed E-state index contributed by atoms with van der Waals surface area (Å²) < 4.78 is 5.45. The van der Waals surface area contributed by atoms with Crippen LogP contribution in [0.15, 0.2) is 83.4 Å². The highest BCUT2D eigenvalue weighted by atomic mass is 16.5. The first-order valence-corrected chi connectivity index (χ1v) is 12.3. The van der Waals surface area contributed by atoms with Gasteiger partial charge >= 0.3 is 5.97 Å². The van der Waals surface area contributed by atoms with Crippen molar-refractivity contribution in [2.45, 2.75) is 32.7 Å². The lowest BCUT2D eigenvalue weighted by Gasteiger charge is -2.26. The van der Waals surface area contributed by atoms with Crippen LogP contribution in [0.3, 0.4) is 0 Å². The third-order valence-corrected chi connectivity index (χ3v) is 6.28. The Balaban J connectivity index is 1.45. The lowest BCUT2D eigenvalue weighted by Crippen LogP contribution is -2.26. The zero-order chi connectivity index (χ0) is 26.2. The van der Waals surface area contributed by atoms with Gasteiger partial charge < -0.3 is 20.3 Å². The van der Waals surface area contributed by atoms with E-state index in [0.717, 1.165) is 28.8 Å². The predicted molar refractivity (Wildman–Crippen MR) is 142 cm³/mol. The second-order valence-electron chi connectivity index (χ2n) is 8.90. The molecule has 4 aromatic rings. The third kappa shape index (κ3) is 6.61. The summed E-state index contributed by atoms with van der Waals surface area (Å²) in [6, 6.07) is 25.0. The second-order valence-corrected chi connectivity index (χ2v) is 8.90. The largest absolute Gasteiger partial charge is 0.481 e. The Labute approximate surface area is 215 Å². The third-order valence-electron chi connectivity index (χ3n) is 6.28. The zero-order valence-electron chi connectivity index (χ0n) is 20.8. The van der Waals surface area contributed by atoms with Gasteiger partial charge in [-0.3, -0.25) is 9.59 Å². The Hall–Kier alpha value is -4.46. The van der Waals surface area contributed by atoms with Gasteiger partial charge in [0.25, 0.3) is 11.8 Å². The first-order chi connectivity index (χ1) is 17.9. The number of anilines is 1. The van der Waals surface area contributed by atoms with E-state index in [0.29, 0.717) is 23.2 Å². The molecule has 4 rings (SSSR count). The SMILES string of the molecule is CCC(C)[C@@H](Nc1ccc(C(=O)NCCC(=O)O)cc1)c1ccc(-c2noc(-c3ccccc3)n2)cc1. The van der Waals surface area contributed by atoms with Crippen LogP contribution >= 0.6 is 0 Å². The molecular weight excluding hydrogens is 468 g/mol. The maximum absolute atomic E-state index is 12.2. The van der Waals surface area contributed by atoms with Crippen molar-refractivity contribution in [1.29, 1.82) is 0 Å². The summed E-state index contributed by atoms with van der Waals surface area (Å²) in [4.78, 5) is 27.4. The highest BCUT2D eigenvalue weighted by molar-refractivity contribution is 5.94. The molecule has 8 heteroatoms.